The van der Waals surface area contributed by atoms with Crippen LogP contribution in [0.25, 0.3) is 0 Å². The van der Waals surface area contributed by atoms with Crippen LogP contribution in [0.5, 0.6) is 11.5 Å². The van der Waals surface area contributed by atoms with Crippen LogP contribution in [0.15, 0.2) is 24.3 Å². The molecule has 0 aliphatic rings. The minimum Gasteiger partial charge on any atom is -0.504 e. The number of ether oxygens (including phenoxy) is 1. The van der Waals surface area contributed by atoms with Crippen LogP contribution in [0.2, 0.25) is 0 Å². The van der Waals surface area contributed by atoms with Crippen LogP contribution in [0.3, 0.4) is 0 Å². The van der Waals surface area contributed by atoms with E-state index in [2.05, 4.69) is 5.32 Å². The lowest BCUT2D eigenvalue weighted by Crippen LogP contribution is -2.33. The van der Waals surface area contributed by atoms with Gasteiger partial charge in [-0.2, -0.15) is 0 Å². The molecule has 14 heavy (non-hydrogen) atoms. The maximum absolute atomic E-state index is 11.1. The number of carbonyl (C=O) groups is 1. The van der Waals surface area contributed by atoms with Crippen molar-refractivity contribution in [2.24, 2.45) is 0 Å². The molecular weight excluding hydrogens is 182 g/mol. The Morgan fingerprint density at radius 1 is 1.50 bits per heavy atom. The zero-order valence-corrected chi connectivity index (χ0v) is 8.15. The van der Waals surface area contributed by atoms with E-state index in [-0.39, 0.29) is 11.7 Å². The predicted molar refractivity (Wildman–Crippen MR) is 52.3 cm³/mol. The highest BCUT2D eigenvalue weighted by molar-refractivity contribution is 5.80. The van der Waals surface area contributed by atoms with E-state index in [4.69, 9.17) is 4.74 Å². The fourth-order valence-electron chi connectivity index (χ4n) is 1.00. The van der Waals surface area contributed by atoms with Gasteiger partial charge in [0.25, 0.3) is 5.91 Å². The van der Waals surface area contributed by atoms with Gasteiger partial charge in [-0.3, -0.25) is 4.79 Å². The summed E-state index contributed by atoms with van der Waals surface area (Å²) in [6.07, 6.45) is -0.617. The maximum Gasteiger partial charge on any atom is 0.260 e. The van der Waals surface area contributed by atoms with Gasteiger partial charge < -0.3 is 15.2 Å². The fourth-order valence-corrected chi connectivity index (χ4v) is 1.00. The summed E-state index contributed by atoms with van der Waals surface area (Å²) in [6.45, 7) is 1.62. The second kappa shape index (κ2) is 4.50. The minimum atomic E-state index is -0.617. The van der Waals surface area contributed by atoms with Crippen LogP contribution < -0.4 is 10.1 Å². The Labute approximate surface area is 82.5 Å². The highest BCUT2D eigenvalue weighted by Crippen LogP contribution is 2.25. The van der Waals surface area contributed by atoms with Crippen LogP contribution in [0, 0.1) is 0 Å². The lowest BCUT2D eigenvalue weighted by atomic mass is 10.3. The van der Waals surface area contributed by atoms with E-state index >= 15 is 0 Å². The van der Waals surface area contributed by atoms with Gasteiger partial charge in [0.15, 0.2) is 17.6 Å². The van der Waals surface area contributed by atoms with Gasteiger partial charge in [0.1, 0.15) is 0 Å². The summed E-state index contributed by atoms with van der Waals surface area (Å²) in [5, 5.41) is 11.8. The predicted octanol–water partition coefficient (Wildman–Crippen LogP) is 0.905. The Bertz CT molecular complexity index is 325. The highest BCUT2D eigenvalue weighted by Gasteiger charge is 2.13. The molecule has 0 heterocycles. The summed E-state index contributed by atoms with van der Waals surface area (Å²) < 4.78 is 5.24. The number of phenols is 1. The number of hydrogen-bond donors (Lipinski definition) is 2. The van der Waals surface area contributed by atoms with Gasteiger partial charge in [0.05, 0.1) is 0 Å². The largest absolute Gasteiger partial charge is 0.504 e. The normalized spacial score (nSPS) is 11.9. The summed E-state index contributed by atoms with van der Waals surface area (Å²) in [6, 6.07) is 6.53. The van der Waals surface area contributed by atoms with E-state index in [1.54, 1.807) is 25.1 Å². The Kier molecular flexibility index (Phi) is 3.34. The lowest BCUT2D eigenvalue weighted by Gasteiger charge is -2.13. The van der Waals surface area contributed by atoms with Crippen molar-refractivity contribution in [2.45, 2.75) is 13.0 Å². The van der Waals surface area contributed by atoms with E-state index in [0.29, 0.717) is 5.75 Å². The molecule has 0 aliphatic heterocycles. The Balaban J connectivity index is 2.69. The van der Waals surface area contributed by atoms with Crippen molar-refractivity contribution in [3.8, 4) is 11.5 Å². The highest BCUT2D eigenvalue weighted by atomic mass is 16.5. The molecule has 0 spiro atoms. The number of para-hydroxylation sites is 2. The molecule has 0 bridgehead atoms. The van der Waals surface area contributed by atoms with Gasteiger partial charge in [0, 0.05) is 7.05 Å². The number of amides is 1. The third-order valence-corrected chi connectivity index (χ3v) is 1.78. The van der Waals surface area contributed by atoms with Crippen molar-refractivity contribution < 1.29 is 14.6 Å². The molecule has 2 N–H and O–H groups in total. The number of likely N-dealkylation sites (N-methyl/N-ethyl adjacent to an activating group) is 1. The molecule has 0 radical (unpaired) electrons. The molecule has 4 nitrogen and oxygen atoms in total. The van der Waals surface area contributed by atoms with Gasteiger partial charge in [-0.05, 0) is 19.1 Å². The molecule has 1 aromatic carbocycles. The van der Waals surface area contributed by atoms with Gasteiger partial charge >= 0.3 is 0 Å². The second-order valence-electron chi connectivity index (χ2n) is 2.84. The Morgan fingerprint density at radius 2 is 2.14 bits per heavy atom. The molecule has 1 unspecified atom stereocenters. The van der Waals surface area contributed by atoms with Gasteiger partial charge in [-0.1, -0.05) is 12.1 Å². The molecule has 0 aliphatic carbocycles. The number of phenolic OH excluding ortho intramolecular Hbond substituents is 1. The number of rotatable bonds is 3. The summed E-state index contributed by atoms with van der Waals surface area (Å²) >= 11 is 0. The first kappa shape index (κ1) is 10.4. The average Bonchev–Trinajstić information content (AvgIpc) is 2.20. The molecule has 1 atom stereocenters. The molecule has 1 aromatic rings. The fraction of sp³-hybridized carbons (Fsp3) is 0.300. The van der Waals surface area contributed by atoms with E-state index in [1.807, 2.05) is 0 Å². The summed E-state index contributed by atoms with van der Waals surface area (Å²) in [7, 11) is 1.53. The summed E-state index contributed by atoms with van der Waals surface area (Å²) in [5.41, 5.74) is 0. The van der Waals surface area contributed by atoms with Crippen molar-refractivity contribution in [3.63, 3.8) is 0 Å². The van der Waals surface area contributed by atoms with Crippen molar-refractivity contribution in [3.05, 3.63) is 24.3 Å². The third kappa shape index (κ3) is 2.39. The quantitative estimate of drug-likeness (QED) is 0.753. The van der Waals surface area contributed by atoms with Crippen molar-refractivity contribution in [1.82, 2.24) is 5.32 Å². The van der Waals surface area contributed by atoms with E-state index in [9.17, 15) is 9.90 Å². The van der Waals surface area contributed by atoms with Crippen LogP contribution >= 0.6 is 0 Å². The van der Waals surface area contributed by atoms with E-state index in [0.717, 1.165) is 0 Å². The zero-order chi connectivity index (χ0) is 10.6. The zero-order valence-electron chi connectivity index (χ0n) is 8.15. The first-order valence-corrected chi connectivity index (χ1v) is 4.31. The monoisotopic (exact) mass is 195 g/mol. The minimum absolute atomic E-state index is 0.0308. The van der Waals surface area contributed by atoms with Gasteiger partial charge in [0.2, 0.25) is 0 Å². The number of nitrogens with one attached hydrogen (secondary N) is 1. The molecule has 4 heteroatoms. The molecule has 0 fully saturated rings. The summed E-state index contributed by atoms with van der Waals surface area (Å²) in [5.74, 6) is 0.111. The van der Waals surface area contributed by atoms with Crippen molar-refractivity contribution in [2.75, 3.05) is 7.05 Å². The molecule has 1 amide bonds. The molecule has 76 valence electrons. The van der Waals surface area contributed by atoms with Crippen molar-refractivity contribution in [1.29, 1.82) is 0 Å². The van der Waals surface area contributed by atoms with E-state index in [1.165, 1.54) is 13.1 Å². The number of benzene rings is 1. The lowest BCUT2D eigenvalue weighted by molar-refractivity contribution is -0.126. The van der Waals surface area contributed by atoms with Crippen LogP contribution in [-0.4, -0.2) is 24.2 Å². The standard InChI is InChI=1S/C10H13NO3/c1-7(10(13)11-2)14-9-6-4-3-5-8(9)12/h3-7,12H,1-2H3,(H,11,13). The Hall–Kier alpha value is -1.71. The second-order valence-corrected chi connectivity index (χ2v) is 2.84. The topological polar surface area (TPSA) is 58.6 Å². The number of aromatic hydroxyl groups is 1. The van der Waals surface area contributed by atoms with Gasteiger partial charge in [-0.15, -0.1) is 0 Å². The number of hydrogen-bond acceptors (Lipinski definition) is 3. The first-order chi connectivity index (χ1) is 6.65. The molecule has 0 saturated heterocycles. The Morgan fingerprint density at radius 3 is 2.71 bits per heavy atom. The smallest absolute Gasteiger partial charge is 0.260 e. The average molecular weight is 195 g/mol. The molecular formula is C10H13NO3. The van der Waals surface area contributed by atoms with Crippen LogP contribution in [0.1, 0.15) is 6.92 Å². The first-order valence-electron chi connectivity index (χ1n) is 4.31. The summed E-state index contributed by atoms with van der Waals surface area (Å²) in [4.78, 5) is 11.1. The van der Waals surface area contributed by atoms with Crippen LogP contribution in [-0.2, 0) is 4.79 Å². The van der Waals surface area contributed by atoms with Crippen LogP contribution in [0.4, 0.5) is 0 Å². The molecule has 1 rings (SSSR count). The molecule has 0 saturated carbocycles. The maximum atomic E-state index is 11.1. The number of carbonyl (C=O) groups excluding carboxylic acids is 1. The van der Waals surface area contributed by atoms with E-state index < -0.39 is 6.10 Å². The van der Waals surface area contributed by atoms with Gasteiger partial charge in [-0.25, -0.2) is 0 Å². The van der Waals surface area contributed by atoms with Crippen molar-refractivity contribution >= 4 is 5.91 Å². The third-order valence-electron chi connectivity index (χ3n) is 1.78. The SMILES string of the molecule is CNC(=O)C(C)Oc1ccccc1O. The molecule has 0 aromatic heterocycles.